The van der Waals surface area contributed by atoms with Crippen LogP contribution in [0.3, 0.4) is 0 Å². The lowest BCUT2D eigenvalue weighted by molar-refractivity contribution is -0.121. The van der Waals surface area contributed by atoms with Crippen molar-refractivity contribution in [2.45, 2.75) is 37.8 Å². The van der Waals surface area contributed by atoms with E-state index in [0.29, 0.717) is 0 Å². The highest BCUT2D eigenvalue weighted by atomic mass is 32.2. The first kappa shape index (κ1) is 20.6. The molecule has 4 nitrogen and oxygen atoms in total. The normalized spacial score (nSPS) is 13.3. The summed E-state index contributed by atoms with van der Waals surface area (Å²) in [7, 11) is 0. The first-order valence-corrected chi connectivity index (χ1v) is 11.3. The van der Waals surface area contributed by atoms with E-state index < -0.39 is 0 Å². The van der Waals surface area contributed by atoms with Crippen molar-refractivity contribution < 1.29 is 4.79 Å². The molecule has 2 aromatic heterocycles. The molecule has 0 saturated carbocycles. The number of nitrogens with zero attached hydrogens (tertiary/aromatic N) is 2. The van der Waals surface area contributed by atoms with Crippen molar-refractivity contribution in [3.63, 3.8) is 0 Å². The second kappa shape index (κ2) is 9.85. The Kier molecular flexibility index (Phi) is 7.23. The summed E-state index contributed by atoms with van der Waals surface area (Å²) in [5.74, 6) is 1.15. The monoisotopic (exact) mass is 411 g/mol. The number of carbonyl (C=O) groups excluding carboxylic acids is 1. The number of nitrogens with one attached hydrogen (secondary N) is 1. The van der Waals surface area contributed by atoms with Crippen molar-refractivity contribution in [3.05, 3.63) is 70.8 Å². The molecule has 3 rings (SSSR count). The molecule has 3 aromatic rings. The molecule has 2 unspecified atom stereocenters. The van der Waals surface area contributed by atoms with E-state index in [4.69, 9.17) is 0 Å². The highest BCUT2D eigenvalue weighted by molar-refractivity contribution is 7.99. The fraction of sp³-hybridized carbons (Fsp3) is 0.318. The van der Waals surface area contributed by atoms with E-state index in [1.54, 1.807) is 35.5 Å². The lowest BCUT2D eigenvalue weighted by Gasteiger charge is -2.22. The summed E-state index contributed by atoms with van der Waals surface area (Å²) in [5.41, 5.74) is 3.12. The van der Waals surface area contributed by atoms with Gasteiger partial charge in [0.1, 0.15) is 5.01 Å². The second-order valence-corrected chi connectivity index (χ2v) is 9.02. The molecule has 0 aliphatic rings. The van der Waals surface area contributed by atoms with Crippen molar-refractivity contribution in [2.24, 2.45) is 5.92 Å². The van der Waals surface area contributed by atoms with Crippen LogP contribution < -0.4 is 5.32 Å². The van der Waals surface area contributed by atoms with Crippen LogP contribution in [0, 0.1) is 5.92 Å². The number of rotatable bonds is 8. The zero-order chi connectivity index (χ0) is 19.9. The molecular formula is C22H25N3OS2. The lowest BCUT2D eigenvalue weighted by atomic mass is 10.1. The van der Waals surface area contributed by atoms with E-state index in [2.05, 4.69) is 41.3 Å². The Labute approximate surface area is 174 Å². The molecule has 0 spiro atoms. The number of carbonyl (C=O) groups is 1. The molecule has 1 N–H and O–H groups in total. The van der Waals surface area contributed by atoms with Gasteiger partial charge in [-0.2, -0.15) is 0 Å². The molecule has 0 fully saturated rings. The highest BCUT2D eigenvalue weighted by Gasteiger charge is 2.25. The summed E-state index contributed by atoms with van der Waals surface area (Å²) in [4.78, 5) is 21.7. The molecule has 2 atom stereocenters. The Morgan fingerprint density at radius 1 is 1.14 bits per heavy atom. The van der Waals surface area contributed by atoms with E-state index in [9.17, 15) is 4.79 Å². The summed E-state index contributed by atoms with van der Waals surface area (Å²) >= 11 is 3.26. The molecule has 1 amide bonds. The summed E-state index contributed by atoms with van der Waals surface area (Å²) in [6.07, 6.45) is 3.55. The fourth-order valence-electron chi connectivity index (χ4n) is 2.82. The predicted molar refractivity (Wildman–Crippen MR) is 118 cm³/mol. The van der Waals surface area contributed by atoms with Gasteiger partial charge in [-0.15, -0.1) is 23.1 Å². The number of benzene rings is 1. The Morgan fingerprint density at radius 3 is 2.61 bits per heavy atom. The Hall–Kier alpha value is -2.18. The zero-order valence-electron chi connectivity index (χ0n) is 16.3. The SMILES string of the molecule is CC(NC(=O)C(SCc1ccccc1)C(C)C)c1nc(-c2cccnc2)cs1. The predicted octanol–water partition coefficient (Wildman–Crippen LogP) is 5.34. The van der Waals surface area contributed by atoms with Gasteiger partial charge in [0.05, 0.1) is 17.0 Å². The number of hydrogen-bond donors (Lipinski definition) is 1. The van der Waals surface area contributed by atoms with Gasteiger partial charge in [0.25, 0.3) is 0 Å². The van der Waals surface area contributed by atoms with Crippen LogP contribution in [0.1, 0.15) is 37.4 Å². The number of thiazole rings is 1. The number of hydrogen-bond acceptors (Lipinski definition) is 5. The third kappa shape index (κ3) is 5.42. The molecular weight excluding hydrogens is 386 g/mol. The highest BCUT2D eigenvalue weighted by Crippen LogP contribution is 2.27. The Bertz CT molecular complexity index is 881. The second-order valence-electron chi connectivity index (χ2n) is 7.00. The van der Waals surface area contributed by atoms with Crippen LogP contribution in [0.5, 0.6) is 0 Å². The van der Waals surface area contributed by atoms with Gasteiger partial charge in [-0.05, 0) is 30.5 Å². The third-order valence-electron chi connectivity index (χ3n) is 4.34. The topological polar surface area (TPSA) is 54.9 Å². The van der Waals surface area contributed by atoms with Crippen molar-refractivity contribution in [3.8, 4) is 11.3 Å². The quantitative estimate of drug-likeness (QED) is 0.543. The molecule has 0 saturated heterocycles. The van der Waals surface area contributed by atoms with Gasteiger partial charge in [0.15, 0.2) is 0 Å². The van der Waals surface area contributed by atoms with Gasteiger partial charge in [0, 0.05) is 29.1 Å². The maximum Gasteiger partial charge on any atom is 0.233 e. The third-order valence-corrected chi connectivity index (χ3v) is 6.99. The van der Waals surface area contributed by atoms with Crippen molar-refractivity contribution in [1.82, 2.24) is 15.3 Å². The summed E-state index contributed by atoms with van der Waals surface area (Å²) in [5, 5.41) is 5.97. The van der Waals surface area contributed by atoms with Gasteiger partial charge in [-0.25, -0.2) is 4.98 Å². The summed E-state index contributed by atoms with van der Waals surface area (Å²) in [6.45, 7) is 6.18. The number of pyridine rings is 1. The minimum absolute atomic E-state index is 0.0709. The Balaban J connectivity index is 1.62. The largest absolute Gasteiger partial charge is 0.346 e. The molecule has 0 radical (unpaired) electrons. The van der Waals surface area contributed by atoms with E-state index in [1.807, 2.05) is 42.6 Å². The molecule has 1 aromatic carbocycles. The fourth-order valence-corrected chi connectivity index (χ4v) is 4.83. The molecule has 6 heteroatoms. The molecule has 0 aliphatic heterocycles. The van der Waals surface area contributed by atoms with Crippen LogP contribution >= 0.6 is 23.1 Å². The van der Waals surface area contributed by atoms with E-state index in [-0.39, 0.29) is 23.1 Å². The number of thioether (sulfide) groups is 1. The molecule has 28 heavy (non-hydrogen) atoms. The van der Waals surface area contributed by atoms with Crippen molar-refractivity contribution in [1.29, 1.82) is 0 Å². The zero-order valence-corrected chi connectivity index (χ0v) is 18.0. The minimum atomic E-state index is -0.124. The standard InChI is InChI=1S/C22H25N3OS2/c1-15(2)20(27-13-17-8-5-4-6-9-17)21(26)24-16(3)22-25-19(14-28-22)18-10-7-11-23-12-18/h4-12,14-16,20H,13H2,1-3H3,(H,24,26). The van der Waals surface area contributed by atoms with Gasteiger partial charge >= 0.3 is 0 Å². The van der Waals surface area contributed by atoms with Crippen molar-refractivity contribution >= 4 is 29.0 Å². The molecule has 146 valence electrons. The minimum Gasteiger partial charge on any atom is -0.346 e. The van der Waals surface area contributed by atoms with Crippen LogP contribution in [0.15, 0.2) is 60.2 Å². The molecule has 0 aliphatic carbocycles. The van der Waals surface area contributed by atoms with E-state index in [1.165, 1.54) is 5.56 Å². The Morgan fingerprint density at radius 2 is 1.93 bits per heavy atom. The van der Waals surface area contributed by atoms with Crippen LogP contribution in [0.25, 0.3) is 11.3 Å². The van der Waals surface area contributed by atoms with Crippen LogP contribution in [0.4, 0.5) is 0 Å². The van der Waals surface area contributed by atoms with Crippen molar-refractivity contribution in [2.75, 3.05) is 0 Å². The van der Waals surface area contributed by atoms with Gasteiger partial charge in [-0.3, -0.25) is 9.78 Å². The summed E-state index contributed by atoms with van der Waals surface area (Å²) in [6, 6.07) is 14.0. The summed E-state index contributed by atoms with van der Waals surface area (Å²) < 4.78 is 0. The lowest BCUT2D eigenvalue weighted by Crippen LogP contribution is -2.37. The van der Waals surface area contributed by atoms with Gasteiger partial charge in [-0.1, -0.05) is 44.2 Å². The maximum atomic E-state index is 12.9. The molecule has 0 bridgehead atoms. The average Bonchev–Trinajstić information content (AvgIpc) is 3.20. The first-order valence-electron chi connectivity index (χ1n) is 9.36. The van der Waals surface area contributed by atoms with Gasteiger partial charge < -0.3 is 5.32 Å². The first-order chi connectivity index (χ1) is 13.5. The maximum absolute atomic E-state index is 12.9. The number of amides is 1. The average molecular weight is 412 g/mol. The van der Waals surface area contributed by atoms with Crippen LogP contribution in [-0.4, -0.2) is 21.1 Å². The molecule has 2 heterocycles. The van der Waals surface area contributed by atoms with Gasteiger partial charge in [0.2, 0.25) is 5.91 Å². The van der Waals surface area contributed by atoms with Crippen LogP contribution in [-0.2, 0) is 10.5 Å². The van der Waals surface area contributed by atoms with Crippen LogP contribution in [0.2, 0.25) is 0 Å². The van der Waals surface area contributed by atoms with E-state index in [0.717, 1.165) is 22.0 Å². The number of aromatic nitrogens is 2. The van der Waals surface area contributed by atoms with E-state index >= 15 is 0 Å². The smallest absolute Gasteiger partial charge is 0.233 e.